The maximum Gasteiger partial charge on any atom is 0.326 e. The molecule has 40 valence electrons. The first-order valence-electron chi connectivity index (χ1n) is 1.19. The lowest BCUT2D eigenvalue weighted by Gasteiger charge is -1.80. The van der Waals surface area contributed by atoms with Gasteiger partial charge in [-0.3, -0.25) is 0 Å². The average Bonchev–Trinajstić information content (AvgIpc) is 1.68. The fraction of sp³-hybridized carbons (Fsp3) is 0. The summed E-state index contributed by atoms with van der Waals surface area (Å²) in [5.41, 5.74) is 0. The summed E-state index contributed by atoms with van der Waals surface area (Å²) >= 11 is 0. The van der Waals surface area contributed by atoms with E-state index in [1.807, 2.05) is 0 Å². The van der Waals surface area contributed by atoms with Crippen LogP contribution in [0.15, 0.2) is 0 Å². The average molecular weight is 122 g/mol. The minimum Gasteiger partial charge on any atom is -0.301 e. The van der Waals surface area contributed by atoms with Crippen molar-refractivity contribution in [3.05, 3.63) is 0 Å². The van der Waals surface area contributed by atoms with Gasteiger partial charge in [0.1, 0.15) is 0 Å². The Hall–Kier alpha value is -0.640. The van der Waals surface area contributed by atoms with E-state index in [2.05, 4.69) is 0 Å². The summed E-state index contributed by atoms with van der Waals surface area (Å²) in [4.78, 5) is 0.802. The molecule has 0 aromatic rings. The SMILES string of the molecule is N#CS(=O)(=O)NO. The molecule has 0 radical (unpaired) electrons. The van der Waals surface area contributed by atoms with Crippen LogP contribution in [0.3, 0.4) is 0 Å². The Labute approximate surface area is 40.2 Å². The van der Waals surface area contributed by atoms with Gasteiger partial charge in [0.2, 0.25) is 5.40 Å². The van der Waals surface area contributed by atoms with Crippen LogP contribution in [-0.2, 0) is 10.0 Å². The maximum atomic E-state index is 9.65. The highest BCUT2D eigenvalue weighted by molar-refractivity contribution is 7.93. The second-order valence-corrected chi connectivity index (χ2v) is 2.06. The van der Waals surface area contributed by atoms with Gasteiger partial charge in [-0.2, -0.15) is 13.7 Å². The molecule has 0 saturated carbocycles. The van der Waals surface area contributed by atoms with Gasteiger partial charge in [-0.25, -0.2) is 0 Å². The zero-order valence-electron chi connectivity index (χ0n) is 3.12. The Morgan fingerprint density at radius 2 is 2.14 bits per heavy atom. The van der Waals surface area contributed by atoms with E-state index < -0.39 is 10.0 Å². The van der Waals surface area contributed by atoms with Gasteiger partial charge >= 0.3 is 10.0 Å². The first kappa shape index (κ1) is 6.36. The topological polar surface area (TPSA) is 90.2 Å². The van der Waals surface area contributed by atoms with Gasteiger partial charge in [0.25, 0.3) is 0 Å². The van der Waals surface area contributed by atoms with Crippen molar-refractivity contribution in [1.82, 2.24) is 4.89 Å². The monoisotopic (exact) mass is 122 g/mol. The van der Waals surface area contributed by atoms with Crippen LogP contribution in [-0.4, -0.2) is 13.6 Å². The highest BCUT2D eigenvalue weighted by Gasteiger charge is 2.00. The van der Waals surface area contributed by atoms with Crippen molar-refractivity contribution >= 4 is 10.0 Å². The zero-order chi connectivity index (χ0) is 5.91. The first-order chi connectivity index (χ1) is 3.12. The molecule has 0 saturated heterocycles. The number of thiocyanates is 1. The van der Waals surface area contributed by atoms with Crippen LogP contribution < -0.4 is 4.89 Å². The lowest BCUT2D eigenvalue weighted by Crippen LogP contribution is -2.15. The quantitative estimate of drug-likeness (QED) is 0.259. The summed E-state index contributed by atoms with van der Waals surface area (Å²) in [6, 6.07) is 0. The summed E-state index contributed by atoms with van der Waals surface area (Å²) in [6.07, 6.45) is 0. The van der Waals surface area contributed by atoms with Crippen molar-refractivity contribution in [2.24, 2.45) is 0 Å². The highest BCUT2D eigenvalue weighted by atomic mass is 32.2. The molecule has 0 aromatic carbocycles. The third-order valence-electron chi connectivity index (χ3n) is 0.240. The molecule has 0 amide bonds. The molecule has 7 heavy (non-hydrogen) atoms. The molecule has 2 N–H and O–H groups in total. The molecule has 0 aliphatic heterocycles. The van der Waals surface area contributed by atoms with E-state index in [9.17, 15) is 8.42 Å². The minimum absolute atomic E-state index is 0.802. The van der Waals surface area contributed by atoms with Crippen LogP contribution >= 0.6 is 0 Å². The van der Waals surface area contributed by atoms with Crippen LogP contribution in [0, 0.1) is 10.7 Å². The number of nitrogens with zero attached hydrogens (tertiary/aromatic N) is 1. The summed E-state index contributed by atoms with van der Waals surface area (Å²) in [5, 5.41) is 15.9. The minimum atomic E-state index is -4.05. The smallest absolute Gasteiger partial charge is 0.301 e. The largest absolute Gasteiger partial charge is 0.326 e. The maximum absolute atomic E-state index is 9.65. The molecular weight excluding hydrogens is 120 g/mol. The van der Waals surface area contributed by atoms with Crippen LogP contribution in [0.5, 0.6) is 0 Å². The number of nitrogens with one attached hydrogen (secondary N) is 1. The molecule has 6 heteroatoms. The van der Waals surface area contributed by atoms with E-state index in [-0.39, 0.29) is 0 Å². The van der Waals surface area contributed by atoms with Crippen molar-refractivity contribution in [3.63, 3.8) is 0 Å². The second kappa shape index (κ2) is 1.88. The highest BCUT2D eigenvalue weighted by Crippen LogP contribution is 1.69. The van der Waals surface area contributed by atoms with Gasteiger partial charge in [0.05, 0.1) is 0 Å². The number of sulfonamides is 1. The van der Waals surface area contributed by atoms with Gasteiger partial charge in [-0.15, -0.1) is 0 Å². The molecular formula is CH2N2O3S. The van der Waals surface area contributed by atoms with Gasteiger partial charge < -0.3 is 5.21 Å². The molecule has 0 heterocycles. The van der Waals surface area contributed by atoms with Crippen molar-refractivity contribution in [3.8, 4) is 5.40 Å². The van der Waals surface area contributed by atoms with Crippen LogP contribution in [0.4, 0.5) is 0 Å². The normalized spacial score (nSPS) is 10.3. The third-order valence-corrected chi connectivity index (χ3v) is 0.721. The molecule has 0 spiro atoms. The predicted molar refractivity (Wildman–Crippen MR) is 19.5 cm³/mol. The molecule has 0 aromatic heterocycles. The van der Waals surface area contributed by atoms with E-state index in [1.54, 1.807) is 0 Å². The van der Waals surface area contributed by atoms with E-state index >= 15 is 0 Å². The molecule has 0 unspecified atom stereocenters. The molecule has 0 bridgehead atoms. The Kier molecular flexibility index (Phi) is 1.71. The van der Waals surface area contributed by atoms with E-state index in [0.29, 0.717) is 0 Å². The van der Waals surface area contributed by atoms with Crippen molar-refractivity contribution in [2.75, 3.05) is 0 Å². The van der Waals surface area contributed by atoms with Gasteiger partial charge in [-0.05, 0) is 0 Å². The van der Waals surface area contributed by atoms with Crippen LogP contribution in [0.25, 0.3) is 0 Å². The van der Waals surface area contributed by atoms with Crippen molar-refractivity contribution in [1.29, 1.82) is 5.26 Å². The molecule has 0 aliphatic rings. The summed E-state index contributed by atoms with van der Waals surface area (Å²) < 4.78 is 19.3. The lowest BCUT2D eigenvalue weighted by atomic mass is 11.8. The number of nitriles is 1. The van der Waals surface area contributed by atoms with Gasteiger partial charge in [-0.1, -0.05) is 4.89 Å². The summed E-state index contributed by atoms with van der Waals surface area (Å²) in [7, 11) is -4.05. The van der Waals surface area contributed by atoms with E-state index in [4.69, 9.17) is 10.5 Å². The Morgan fingerprint density at radius 1 is 1.71 bits per heavy atom. The van der Waals surface area contributed by atoms with Gasteiger partial charge in [0, 0.05) is 0 Å². The lowest BCUT2D eigenvalue weighted by molar-refractivity contribution is 0.245. The van der Waals surface area contributed by atoms with Crippen LogP contribution in [0.2, 0.25) is 0 Å². The van der Waals surface area contributed by atoms with Gasteiger partial charge in [0.15, 0.2) is 0 Å². The van der Waals surface area contributed by atoms with Crippen molar-refractivity contribution < 1.29 is 13.6 Å². The molecule has 5 nitrogen and oxygen atoms in total. The number of hydrogen-bond acceptors (Lipinski definition) is 4. The molecule has 0 aliphatic carbocycles. The summed E-state index contributed by atoms with van der Waals surface area (Å²) in [5.74, 6) is 0. The molecule has 0 fully saturated rings. The molecule has 0 rings (SSSR count). The standard InChI is InChI=1S/CH2N2O3S/c2-1-7(5,6)3-4/h3-4H. The van der Waals surface area contributed by atoms with E-state index in [1.165, 1.54) is 0 Å². The molecule has 0 atom stereocenters. The third kappa shape index (κ3) is 2.11. The summed E-state index contributed by atoms with van der Waals surface area (Å²) in [6.45, 7) is 0. The first-order valence-corrected chi connectivity index (χ1v) is 2.67. The van der Waals surface area contributed by atoms with E-state index in [0.717, 1.165) is 10.3 Å². The Morgan fingerprint density at radius 3 is 2.14 bits per heavy atom. The Bertz CT molecular complexity index is 174. The number of rotatable bonds is 1. The fourth-order valence-electron chi connectivity index (χ4n) is 0.0204. The van der Waals surface area contributed by atoms with Crippen molar-refractivity contribution in [2.45, 2.75) is 0 Å². The van der Waals surface area contributed by atoms with Crippen LogP contribution in [0.1, 0.15) is 0 Å². The predicted octanol–water partition coefficient (Wildman–Crippen LogP) is -1.22. The number of hydrogen-bond donors (Lipinski definition) is 2. The Balaban J connectivity index is 4.28. The fourth-order valence-corrected chi connectivity index (χ4v) is 0.0612. The second-order valence-electron chi connectivity index (χ2n) is 0.686. The zero-order valence-corrected chi connectivity index (χ0v) is 3.94.